The van der Waals surface area contributed by atoms with Gasteiger partial charge in [-0.1, -0.05) is 6.92 Å². The number of alkyl halides is 1. The molecule has 7 nitrogen and oxygen atoms in total. The van der Waals surface area contributed by atoms with Crippen molar-refractivity contribution in [2.45, 2.75) is 52.1 Å². The maximum absolute atomic E-state index is 13.0. The molecule has 0 bridgehead atoms. The van der Waals surface area contributed by atoms with Crippen LogP contribution in [0.5, 0.6) is 0 Å². The first-order valence-electron chi connectivity index (χ1n) is 11.0. The zero-order chi connectivity index (χ0) is 21.5. The van der Waals surface area contributed by atoms with Crippen LogP contribution in [0.2, 0.25) is 0 Å². The van der Waals surface area contributed by atoms with Crippen molar-refractivity contribution in [2.24, 2.45) is 5.92 Å². The van der Waals surface area contributed by atoms with Crippen molar-refractivity contribution >= 4 is 22.6 Å². The minimum absolute atomic E-state index is 0.258. The topological polar surface area (TPSA) is 64.1 Å². The van der Waals surface area contributed by atoms with E-state index < -0.39 is 6.67 Å². The smallest absolute Gasteiger partial charge is 0.243 e. The Morgan fingerprint density at radius 1 is 1.13 bits per heavy atom. The van der Waals surface area contributed by atoms with Crippen molar-refractivity contribution in [3.05, 3.63) is 36.4 Å². The van der Waals surface area contributed by atoms with Crippen LogP contribution >= 0.6 is 0 Å². The van der Waals surface area contributed by atoms with Crippen molar-refractivity contribution in [3.63, 3.8) is 0 Å². The van der Waals surface area contributed by atoms with E-state index >= 15 is 0 Å². The van der Waals surface area contributed by atoms with E-state index in [2.05, 4.69) is 28.8 Å². The summed E-state index contributed by atoms with van der Waals surface area (Å²) in [5.41, 5.74) is 4.14. The number of aryl methyl sites for hydroxylation is 2. The summed E-state index contributed by atoms with van der Waals surface area (Å²) in [5, 5.41) is 4.77. The molecule has 0 saturated heterocycles. The van der Waals surface area contributed by atoms with Crippen molar-refractivity contribution in [1.29, 1.82) is 0 Å². The highest BCUT2D eigenvalue weighted by atomic mass is 19.1. The van der Waals surface area contributed by atoms with Gasteiger partial charge in [0.2, 0.25) is 5.95 Å². The average molecular weight is 422 g/mol. The minimum atomic E-state index is -0.447. The van der Waals surface area contributed by atoms with Crippen LogP contribution in [-0.4, -0.2) is 48.9 Å². The molecule has 4 heterocycles. The zero-order valence-electron chi connectivity index (χ0n) is 18.3. The summed E-state index contributed by atoms with van der Waals surface area (Å²) in [6, 6.07) is 6.39. The number of nitrogens with zero attached hydrogens (tertiary/aromatic N) is 7. The van der Waals surface area contributed by atoms with Gasteiger partial charge in [-0.05, 0) is 56.7 Å². The Bertz CT molecular complexity index is 1220. The molecule has 1 aliphatic rings. The van der Waals surface area contributed by atoms with Crippen LogP contribution in [0.15, 0.2) is 30.6 Å². The molecule has 1 fully saturated rings. The summed E-state index contributed by atoms with van der Waals surface area (Å²) in [7, 11) is 2.09. The molecule has 1 aliphatic carbocycles. The molecule has 0 aliphatic heterocycles. The third kappa shape index (κ3) is 3.54. The molecule has 0 spiro atoms. The number of imidazole rings is 1. The lowest BCUT2D eigenvalue weighted by Gasteiger charge is -2.33. The van der Waals surface area contributed by atoms with Crippen molar-refractivity contribution in [1.82, 2.24) is 29.1 Å². The minimum Gasteiger partial charge on any atom is -0.340 e. The fourth-order valence-corrected chi connectivity index (χ4v) is 4.68. The Morgan fingerprint density at radius 3 is 2.71 bits per heavy atom. The second-order valence-electron chi connectivity index (χ2n) is 8.68. The van der Waals surface area contributed by atoms with Crippen molar-refractivity contribution < 1.29 is 4.39 Å². The number of anilines is 1. The van der Waals surface area contributed by atoms with E-state index in [4.69, 9.17) is 10.1 Å². The molecule has 162 valence electrons. The van der Waals surface area contributed by atoms with Crippen LogP contribution in [0.25, 0.3) is 27.9 Å². The summed E-state index contributed by atoms with van der Waals surface area (Å²) in [5.74, 6) is 2.33. The molecular formula is C23H28FN7. The van der Waals surface area contributed by atoms with Crippen LogP contribution < -0.4 is 4.90 Å². The monoisotopic (exact) mass is 421 g/mol. The molecule has 0 amide bonds. The average Bonchev–Trinajstić information content (AvgIpc) is 3.34. The number of halogens is 1. The van der Waals surface area contributed by atoms with Gasteiger partial charge in [-0.15, -0.1) is 5.10 Å². The van der Waals surface area contributed by atoms with Gasteiger partial charge in [-0.2, -0.15) is 0 Å². The lowest BCUT2D eigenvalue weighted by molar-refractivity contribution is 0.338. The fourth-order valence-electron chi connectivity index (χ4n) is 4.68. The largest absolute Gasteiger partial charge is 0.340 e. The number of fused-ring (bicyclic) bond motifs is 2. The SMILES string of the molecule is Cc1nc2ccc(-c3ccn4nc(N(C)C5CCC(C)CC5)ncc34)nc2n1CCF. The summed E-state index contributed by atoms with van der Waals surface area (Å²) >= 11 is 0. The maximum Gasteiger partial charge on any atom is 0.243 e. The number of rotatable bonds is 5. The molecule has 0 N–H and O–H groups in total. The number of pyridine rings is 1. The fraction of sp³-hybridized carbons (Fsp3) is 0.478. The summed E-state index contributed by atoms with van der Waals surface area (Å²) in [6.45, 7) is 4.02. The second kappa shape index (κ2) is 7.90. The lowest BCUT2D eigenvalue weighted by Crippen LogP contribution is -2.36. The predicted octanol–water partition coefficient (Wildman–Crippen LogP) is 4.43. The molecule has 5 rings (SSSR count). The molecule has 0 unspecified atom stereocenters. The van der Waals surface area contributed by atoms with Gasteiger partial charge >= 0.3 is 0 Å². The molecule has 4 aromatic heterocycles. The highest BCUT2D eigenvalue weighted by Gasteiger charge is 2.24. The van der Waals surface area contributed by atoms with Gasteiger partial charge in [0.15, 0.2) is 5.65 Å². The van der Waals surface area contributed by atoms with Crippen LogP contribution in [-0.2, 0) is 6.54 Å². The molecule has 4 aromatic rings. The molecule has 31 heavy (non-hydrogen) atoms. The van der Waals surface area contributed by atoms with Gasteiger partial charge in [-0.3, -0.25) is 0 Å². The van der Waals surface area contributed by atoms with E-state index in [-0.39, 0.29) is 6.54 Å². The first-order valence-corrected chi connectivity index (χ1v) is 11.0. The quantitative estimate of drug-likeness (QED) is 0.477. The Kier molecular flexibility index (Phi) is 5.08. The normalized spacial score (nSPS) is 19.4. The summed E-state index contributed by atoms with van der Waals surface area (Å²) in [6.07, 6.45) is 8.71. The lowest BCUT2D eigenvalue weighted by atomic mass is 9.87. The van der Waals surface area contributed by atoms with Crippen molar-refractivity contribution in [3.8, 4) is 11.3 Å². The standard InChI is InChI=1S/C23H28FN7/c1-15-4-6-17(7-5-15)29(3)23-25-14-21-18(10-12-31(21)28-23)19-8-9-20-22(27-19)30(13-11-24)16(2)26-20/h8-10,12,14-15,17H,4-7,11,13H2,1-3H3. The van der Waals surface area contributed by atoms with Crippen LogP contribution in [0.3, 0.4) is 0 Å². The highest BCUT2D eigenvalue weighted by molar-refractivity contribution is 5.82. The molecular weight excluding hydrogens is 393 g/mol. The van der Waals surface area contributed by atoms with Gasteiger partial charge in [0, 0.05) is 24.8 Å². The first kappa shape index (κ1) is 19.9. The van der Waals surface area contributed by atoms with E-state index in [1.54, 1.807) is 0 Å². The van der Waals surface area contributed by atoms with E-state index in [0.29, 0.717) is 11.7 Å². The predicted molar refractivity (Wildman–Crippen MR) is 120 cm³/mol. The first-order chi connectivity index (χ1) is 15.0. The molecule has 0 aromatic carbocycles. The molecule has 0 atom stereocenters. The Balaban J connectivity index is 1.48. The molecule has 1 saturated carbocycles. The summed E-state index contributed by atoms with van der Waals surface area (Å²) < 4.78 is 16.7. The van der Waals surface area contributed by atoms with E-state index in [9.17, 15) is 4.39 Å². The molecule has 0 radical (unpaired) electrons. The molecule has 8 heteroatoms. The van der Waals surface area contributed by atoms with Crippen molar-refractivity contribution in [2.75, 3.05) is 18.6 Å². The Hall–Kier alpha value is -3.03. The number of hydrogen-bond donors (Lipinski definition) is 0. The van der Waals surface area contributed by atoms with E-state index in [1.807, 2.05) is 46.6 Å². The number of aromatic nitrogens is 6. The third-order valence-corrected chi connectivity index (χ3v) is 6.62. The Morgan fingerprint density at radius 2 is 1.94 bits per heavy atom. The van der Waals surface area contributed by atoms with Gasteiger partial charge in [-0.25, -0.2) is 23.9 Å². The Labute approximate surface area is 180 Å². The third-order valence-electron chi connectivity index (χ3n) is 6.62. The van der Waals surface area contributed by atoms with E-state index in [0.717, 1.165) is 40.0 Å². The highest BCUT2D eigenvalue weighted by Crippen LogP contribution is 2.29. The van der Waals surface area contributed by atoms with Crippen LogP contribution in [0.1, 0.15) is 38.4 Å². The summed E-state index contributed by atoms with van der Waals surface area (Å²) in [4.78, 5) is 16.2. The van der Waals surface area contributed by atoms with Crippen LogP contribution in [0, 0.1) is 12.8 Å². The van der Waals surface area contributed by atoms with Gasteiger partial charge in [0.25, 0.3) is 0 Å². The second-order valence-corrected chi connectivity index (χ2v) is 8.68. The van der Waals surface area contributed by atoms with Gasteiger partial charge in [0.05, 0.1) is 24.0 Å². The van der Waals surface area contributed by atoms with Gasteiger partial charge < -0.3 is 9.47 Å². The maximum atomic E-state index is 13.0. The van der Waals surface area contributed by atoms with Gasteiger partial charge in [0.1, 0.15) is 18.0 Å². The number of hydrogen-bond acceptors (Lipinski definition) is 5. The van der Waals surface area contributed by atoms with Crippen LogP contribution in [0.4, 0.5) is 10.3 Å². The zero-order valence-corrected chi connectivity index (χ0v) is 18.3. The van der Waals surface area contributed by atoms with E-state index in [1.165, 1.54) is 25.7 Å².